The molecule has 0 fully saturated rings. The second-order valence-corrected chi connectivity index (χ2v) is 16.2. The average Bonchev–Trinajstić information content (AvgIpc) is 3.75. The van der Waals surface area contributed by atoms with Crippen molar-refractivity contribution in [2.75, 3.05) is 0 Å². The van der Waals surface area contributed by atoms with Gasteiger partial charge < -0.3 is 0 Å². The van der Waals surface area contributed by atoms with Gasteiger partial charge in [-0.05, 0) is 92.0 Å². The second kappa shape index (κ2) is 12.9. The van der Waals surface area contributed by atoms with Crippen LogP contribution in [0.4, 0.5) is 0 Å². The van der Waals surface area contributed by atoms with Crippen molar-refractivity contribution >= 4 is 43.7 Å². The predicted molar refractivity (Wildman–Crippen MR) is 241 cm³/mol. The van der Waals surface area contributed by atoms with Gasteiger partial charge in [0.2, 0.25) is 0 Å². The molecule has 1 unspecified atom stereocenters. The molecular formula is C54H33N3S. The minimum Gasteiger partial charge on any atom is -0.264 e. The maximum atomic E-state index is 5.32. The van der Waals surface area contributed by atoms with Crippen LogP contribution in [0.5, 0.6) is 0 Å². The summed E-state index contributed by atoms with van der Waals surface area (Å²) >= 11 is 1.88. The van der Waals surface area contributed by atoms with Crippen LogP contribution in [0.15, 0.2) is 188 Å². The van der Waals surface area contributed by atoms with Crippen molar-refractivity contribution in [2.45, 2.75) is 5.41 Å². The lowest BCUT2D eigenvalue weighted by atomic mass is 9.65. The third-order valence-electron chi connectivity index (χ3n) is 12.0. The van der Waals surface area contributed by atoms with E-state index < -0.39 is 5.41 Å². The molecule has 3 nitrogen and oxygen atoms in total. The molecule has 0 aliphatic heterocycles. The largest absolute Gasteiger partial charge is 0.264 e. The van der Waals surface area contributed by atoms with E-state index in [0.29, 0.717) is 5.82 Å². The van der Waals surface area contributed by atoms with Gasteiger partial charge in [0.15, 0.2) is 5.82 Å². The summed E-state index contributed by atoms with van der Waals surface area (Å²) in [7, 11) is 0. The Hall–Kier alpha value is -7.27. The van der Waals surface area contributed by atoms with Gasteiger partial charge in [0.25, 0.3) is 0 Å². The van der Waals surface area contributed by atoms with Crippen molar-refractivity contribution in [2.24, 2.45) is 0 Å². The number of rotatable bonds is 4. The second-order valence-electron chi connectivity index (χ2n) is 15.2. The van der Waals surface area contributed by atoms with Crippen molar-refractivity contribution in [1.82, 2.24) is 15.0 Å². The van der Waals surface area contributed by atoms with E-state index in [0.717, 1.165) is 39.2 Å². The highest BCUT2D eigenvalue weighted by Crippen LogP contribution is 2.60. The maximum absolute atomic E-state index is 5.32. The van der Waals surface area contributed by atoms with Crippen LogP contribution in [0.1, 0.15) is 33.4 Å². The van der Waals surface area contributed by atoms with E-state index in [2.05, 4.69) is 169 Å². The van der Waals surface area contributed by atoms with Crippen LogP contribution in [-0.2, 0) is 5.41 Å². The van der Waals surface area contributed by atoms with Crippen molar-refractivity contribution in [1.29, 1.82) is 0 Å². The van der Waals surface area contributed by atoms with Gasteiger partial charge in [0.05, 0.1) is 16.8 Å². The summed E-state index contributed by atoms with van der Waals surface area (Å²) < 4.78 is 2.63. The Morgan fingerprint density at radius 1 is 0.397 bits per heavy atom. The maximum Gasteiger partial charge on any atom is 0.160 e. The first-order valence-electron chi connectivity index (χ1n) is 19.7. The summed E-state index contributed by atoms with van der Waals surface area (Å²) in [6.45, 7) is 0. The van der Waals surface area contributed by atoms with Gasteiger partial charge in [-0.25, -0.2) is 9.97 Å². The van der Waals surface area contributed by atoms with E-state index >= 15 is 0 Å². The number of aromatic nitrogens is 3. The summed E-state index contributed by atoms with van der Waals surface area (Å²) in [6.07, 6.45) is 8.30. The SMILES string of the molecule is C1=Cc2ccc(-c3cc(-c4ccc(-c5cccnc5)cc4)nc(-c4ccccc4)n3)cc2C2(c3ccccc31)c1ccccc1-c1cc3sc4ccccc4c3cc12. The normalized spacial score (nSPS) is 14.9. The molecule has 4 heteroatoms. The molecule has 0 amide bonds. The predicted octanol–water partition coefficient (Wildman–Crippen LogP) is 13.8. The number of hydrogen-bond donors (Lipinski definition) is 0. The first-order valence-corrected chi connectivity index (χ1v) is 20.5. The van der Waals surface area contributed by atoms with Gasteiger partial charge in [-0.3, -0.25) is 4.98 Å². The molecule has 0 saturated heterocycles. The number of hydrogen-bond acceptors (Lipinski definition) is 4. The fourth-order valence-electron chi connectivity index (χ4n) is 9.40. The van der Waals surface area contributed by atoms with Crippen molar-refractivity contribution < 1.29 is 0 Å². The van der Waals surface area contributed by atoms with E-state index in [1.165, 1.54) is 64.7 Å². The number of benzene rings is 7. The van der Waals surface area contributed by atoms with Gasteiger partial charge in [-0.2, -0.15) is 0 Å². The van der Waals surface area contributed by atoms with E-state index in [1.807, 2.05) is 41.8 Å². The smallest absolute Gasteiger partial charge is 0.160 e. The van der Waals surface area contributed by atoms with Crippen molar-refractivity contribution in [3.63, 3.8) is 0 Å². The van der Waals surface area contributed by atoms with Crippen LogP contribution < -0.4 is 0 Å². The van der Waals surface area contributed by atoms with Crippen molar-refractivity contribution in [3.8, 4) is 56.2 Å². The Kier molecular flexibility index (Phi) is 7.31. The van der Waals surface area contributed by atoms with Crippen LogP contribution in [0, 0.1) is 0 Å². The molecule has 3 aromatic heterocycles. The number of nitrogens with zero attached hydrogens (tertiary/aromatic N) is 3. The van der Waals surface area contributed by atoms with Gasteiger partial charge in [0, 0.05) is 49.3 Å². The Bertz CT molecular complexity index is 3270. The van der Waals surface area contributed by atoms with Gasteiger partial charge >= 0.3 is 0 Å². The lowest BCUT2D eigenvalue weighted by Gasteiger charge is -2.35. The van der Waals surface area contributed by atoms with Crippen LogP contribution in [0.2, 0.25) is 0 Å². The molecule has 58 heavy (non-hydrogen) atoms. The highest BCUT2D eigenvalue weighted by Gasteiger charge is 2.49. The number of pyridine rings is 1. The van der Waals surface area contributed by atoms with Crippen LogP contribution in [0.3, 0.4) is 0 Å². The quantitative estimate of drug-likeness (QED) is 0.180. The van der Waals surface area contributed by atoms with Gasteiger partial charge in [-0.15, -0.1) is 11.3 Å². The zero-order chi connectivity index (χ0) is 38.2. The summed E-state index contributed by atoms with van der Waals surface area (Å²) in [4.78, 5) is 14.8. The standard InChI is InChI=1S/C54H33N3S/c1-2-12-38(13-3-1)53-56-49(37-25-20-34(21-26-37)40-14-10-28-55-33-40)32-50(57-53)39-27-24-36-23-22-35-11-4-7-17-45(35)54(47(36)29-39)46-18-8-5-15-41(46)43-31-52-44(30-48(43)54)42-16-6-9-19-51(42)58-52/h1-33H. The fourth-order valence-corrected chi connectivity index (χ4v) is 10.5. The van der Waals surface area contributed by atoms with E-state index in [9.17, 15) is 0 Å². The average molecular weight is 756 g/mol. The lowest BCUT2D eigenvalue weighted by molar-refractivity contribution is 0.767. The molecule has 7 aromatic carbocycles. The molecule has 1 spiro atoms. The Labute approximate surface area is 340 Å². The molecule has 10 aromatic rings. The molecule has 0 bridgehead atoms. The molecule has 0 N–H and O–H groups in total. The molecule has 12 rings (SSSR count). The van der Waals surface area contributed by atoms with E-state index in [-0.39, 0.29) is 0 Å². The Balaban J connectivity index is 1.11. The summed E-state index contributed by atoms with van der Waals surface area (Å²) in [5, 5.41) is 2.61. The van der Waals surface area contributed by atoms with Crippen LogP contribution >= 0.6 is 11.3 Å². The summed E-state index contributed by atoms with van der Waals surface area (Å²) in [5.41, 5.74) is 16.6. The summed E-state index contributed by atoms with van der Waals surface area (Å²) in [6, 6.07) is 63.9. The van der Waals surface area contributed by atoms with Crippen LogP contribution in [-0.4, -0.2) is 15.0 Å². The fraction of sp³-hybridized carbons (Fsp3) is 0.0185. The topological polar surface area (TPSA) is 38.7 Å². The zero-order valence-electron chi connectivity index (χ0n) is 31.3. The first kappa shape index (κ1) is 32.9. The number of fused-ring (bicyclic) bond motifs is 12. The molecular weight excluding hydrogens is 723 g/mol. The van der Waals surface area contributed by atoms with Crippen LogP contribution in [0.25, 0.3) is 88.5 Å². The molecule has 3 heterocycles. The molecule has 270 valence electrons. The molecule has 2 aliphatic carbocycles. The van der Waals surface area contributed by atoms with E-state index in [1.54, 1.807) is 6.20 Å². The Morgan fingerprint density at radius 3 is 1.93 bits per heavy atom. The number of thiophene rings is 1. The zero-order valence-corrected chi connectivity index (χ0v) is 32.1. The first-order chi connectivity index (χ1) is 28.7. The van der Waals surface area contributed by atoms with Crippen molar-refractivity contribution in [3.05, 3.63) is 222 Å². The molecule has 0 saturated carbocycles. The lowest BCUT2D eigenvalue weighted by Crippen LogP contribution is -2.30. The van der Waals surface area contributed by atoms with Gasteiger partial charge in [-0.1, -0.05) is 152 Å². The van der Waals surface area contributed by atoms with E-state index in [4.69, 9.17) is 9.97 Å². The highest BCUT2D eigenvalue weighted by molar-refractivity contribution is 7.25. The highest BCUT2D eigenvalue weighted by atomic mass is 32.1. The third-order valence-corrected chi connectivity index (χ3v) is 13.2. The monoisotopic (exact) mass is 755 g/mol. The molecule has 1 atom stereocenters. The van der Waals surface area contributed by atoms with Gasteiger partial charge in [0.1, 0.15) is 0 Å². The third kappa shape index (κ3) is 4.95. The Morgan fingerprint density at radius 2 is 1.09 bits per heavy atom. The molecule has 0 radical (unpaired) electrons. The summed E-state index contributed by atoms with van der Waals surface area (Å²) in [5.74, 6) is 0.697. The minimum absolute atomic E-state index is 0.575. The molecule has 2 aliphatic rings. The minimum atomic E-state index is -0.575.